The van der Waals surface area contributed by atoms with Crippen LogP contribution in [0.4, 0.5) is 5.69 Å². The van der Waals surface area contributed by atoms with E-state index in [4.69, 9.17) is 9.84 Å². The standard InChI is InChI=1S/C23H29NO5S/c1-3-5-6-17-7-11-20(12-8-17)30(27,28)24-16-18(9-14-23(25)26)21-15-19(29-4-2)10-13-22(21)24/h7-8,10-13,15,18H,3-6,9,14,16H2,1-2H3,(H,25,26). The van der Waals surface area contributed by atoms with Crippen LogP contribution in [0.25, 0.3) is 0 Å². The summed E-state index contributed by atoms with van der Waals surface area (Å²) in [6, 6.07) is 12.4. The summed E-state index contributed by atoms with van der Waals surface area (Å²) >= 11 is 0. The van der Waals surface area contributed by atoms with Crippen LogP contribution in [0, 0.1) is 0 Å². The third-order valence-electron chi connectivity index (χ3n) is 5.44. The molecule has 0 radical (unpaired) electrons. The Morgan fingerprint density at radius 1 is 1.17 bits per heavy atom. The Kier molecular flexibility index (Phi) is 7.02. The van der Waals surface area contributed by atoms with Crippen molar-refractivity contribution in [3.63, 3.8) is 0 Å². The van der Waals surface area contributed by atoms with Gasteiger partial charge in [0.2, 0.25) is 0 Å². The van der Waals surface area contributed by atoms with Gasteiger partial charge in [-0.1, -0.05) is 25.5 Å². The highest BCUT2D eigenvalue weighted by Gasteiger charge is 2.37. The first-order valence-corrected chi connectivity index (χ1v) is 11.9. The molecule has 3 rings (SSSR count). The summed E-state index contributed by atoms with van der Waals surface area (Å²) in [5.41, 5.74) is 2.55. The van der Waals surface area contributed by atoms with Crippen molar-refractivity contribution in [3.05, 3.63) is 53.6 Å². The van der Waals surface area contributed by atoms with Gasteiger partial charge in [-0.05, 0) is 67.6 Å². The molecule has 0 amide bonds. The maximum absolute atomic E-state index is 13.4. The number of rotatable bonds is 10. The van der Waals surface area contributed by atoms with Gasteiger partial charge < -0.3 is 9.84 Å². The van der Waals surface area contributed by atoms with E-state index in [0.717, 1.165) is 30.4 Å². The maximum Gasteiger partial charge on any atom is 0.303 e. The van der Waals surface area contributed by atoms with Gasteiger partial charge in [0.15, 0.2) is 0 Å². The number of carboxylic acids is 1. The fourth-order valence-corrected chi connectivity index (χ4v) is 5.38. The second kappa shape index (κ2) is 9.51. The Hall–Kier alpha value is -2.54. The Labute approximate surface area is 178 Å². The molecule has 162 valence electrons. The van der Waals surface area contributed by atoms with Gasteiger partial charge in [-0.2, -0.15) is 0 Å². The minimum absolute atomic E-state index is 0.0109. The summed E-state index contributed by atoms with van der Waals surface area (Å²) in [6.07, 6.45) is 3.45. The van der Waals surface area contributed by atoms with Crippen molar-refractivity contribution in [2.75, 3.05) is 17.5 Å². The van der Waals surface area contributed by atoms with Crippen LogP contribution >= 0.6 is 0 Å². The number of anilines is 1. The van der Waals surface area contributed by atoms with E-state index in [9.17, 15) is 13.2 Å². The van der Waals surface area contributed by atoms with Crippen LogP contribution in [0.2, 0.25) is 0 Å². The molecular formula is C23H29NO5S. The van der Waals surface area contributed by atoms with Gasteiger partial charge in [0.05, 0.1) is 17.2 Å². The Morgan fingerprint density at radius 2 is 1.90 bits per heavy atom. The zero-order valence-electron chi connectivity index (χ0n) is 17.5. The van der Waals surface area contributed by atoms with Crippen molar-refractivity contribution in [3.8, 4) is 5.75 Å². The number of carbonyl (C=O) groups is 1. The Bertz CT molecular complexity index is 985. The van der Waals surface area contributed by atoms with Crippen molar-refractivity contribution in [2.45, 2.75) is 56.8 Å². The number of fused-ring (bicyclic) bond motifs is 1. The number of sulfonamides is 1. The highest BCUT2D eigenvalue weighted by atomic mass is 32.2. The minimum atomic E-state index is -3.74. The number of hydrogen-bond acceptors (Lipinski definition) is 4. The van der Waals surface area contributed by atoms with Crippen LogP contribution in [0.5, 0.6) is 5.75 Å². The zero-order chi connectivity index (χ0) is 21.7. The van der Waals surface area contributed by atoms with E-state index in [-0.39, 0.29) is 23.8 Å². The topological polar surface area (TPSA) is 83.9 Å². The second-order valence-electron chi connectivity index (χ2n) is 7.57. The van der Waals surface area contributed by atoms with Crippen LogP contribution in [0.3, 0.4) is 0 Å². The molecule has 7 heteroatoms. The molecule has 0 aromatic heterocycles. The van der Waals surface area contributed by atoms with Gasteiger partial charge in [0.1, 0.15) is 5.75 Å². The summed E-state index contributed by atoms with van der Waals surface area (Å²) in [5, 5.41) is 9.10. The van der Waals surface area contributed by atoms with Gasteiger partial charge >= 0.3 is 5.97 Å². The second-order valence-corrected chi connectivity index (χ2v) is 9.43. The first kappa shape index (κ1) is 22.2. The quantitative estimate of drug-likeness (QED) is 0.595. The molecule has 0 bridgehead atoms. The smallest absolute Gasteiger partial charge is 0.303 e. The normalized spacial score (nSPS) is 15.8. The van der Waals surface area contributed by atoms with E-state index >= 15 is 0 Å². The van der Waals surface area contributed by atoms with Crippen LogP contribution in [0.15, 0.2) is 47.4 Å². The van der Waals surface area contributed by atoms with Gasteiger partial charge in [-0.25, -0.2) is 8.42 Å². The molecule has 0 fully saturated rings. The molecule has 0 aliphatic carbocycles. The number of aryl methyl sites for hydroxylation is 1. The number of benzene rings is 2. The monoisotopic (exact) mass is 431 g/mol. The largest absolute Gasteiger partial charge is 0.494 e. The van der Waals surface area contributed by atoms with Crippen LogP contribution in [-0.4, -0.2) is 32.6 Å². The lowest BCUT2D eigenvalue weighted by Crippen LogP contribution is -2.30. The van der Waals surface area contributed by atoms with Crippen molar-refractivity contribution >= 4 is 21.7 Å². The predicted octanol–water partition coefficient (Wildman–Crippen LogP) is 4.59. The number of nitrogens with zero attached hydrogens (tertiary/aromatic N) is 1. The molecule has 0 saturated heterocycles. The highest BCUT2D eigenvalue weighted by molar-refractivity contribution is 7.92. The van der Waals surface area contributed by atoms with Crippen molar-refractivity contribution in [1.82, 2.24) is 0 Å². The molecule has 2 aromatic rings. The minimum Gasteiger partial charge on any atom is -0.494 e. The molecule has 1 N–H and O–H groups in total. The van der Waals surface area contributed by atoms with Crippen molar-refractivity contribution < 1.29 is 23.1 Å². The first-order valence-electron chi connectivity index (χ1n) is 10.5. The zero-order valence-corrected chi connectivity index (χ0v) is 18.3. The molecule has 1 aliphatic rings. The van der Waals surface area contributed by atoms with E-state index in [1.54, 1.807) is 24.3 Å². The molecule has 1 heterocycles. The fourth-order valence-electron chi connectivity index (χ4n) is 3.85. The summed E-state index contributed by atoms with van der Waals surface area (Å²) in [7, 11) is -3.74. The number of hydrogen-bond donors (Lipinski definition) is 1. The number of ether oxygens (including phenoxy) is 1. The number of aliphatic carboxylic acids is 1. The molecule has 1 aliphatic heterocycles. The molecule has 0 saturated carbocycles. The highest BCUT2D eigenvalue weighted by Crippen LogP contribution is 2.43. The first-order chi connectivity index (χ1) is 14.4. The predicted molar refractivity (Wildman–Crippen MR) is 117 cm³/mol. The summed E-state index contributed by atoms with van der Waals surface area (Å²) in [4.78, 5) is 11.3. The van der Waals surface area contributed by atoms with E-state index in [2.05, 4.69) is 6.92 Å². The lowest BCUT2D eigenvalue weighted by atomic mass is 9.96. The average molecular weight is 432 g/mol. The Balaban J connectivity index is 1.92. The van der Waals surface area contributed by atoms with Crippen LogP contribution in [-0.2, 0) is 21.2 Å². The number of unbranched alkanes of at least 4 members (excludes halogenated alkanes) is 1. The van der Waals surface area contributed by atoms with E-state index < -0.39 is 16.0 Å². The van der Waals surface area contributed by atoms with E-state index in [1.165, 1.54) is 4.31 Å². The van der Waals surface area contributed by atoms with Crippen molar-refractivity contribution in [1.29, 1.82) is 0 Å². The summed E-state index contributed by atoms with van der Waals surface area (Å²) < 4.78 is 33.8. The van der Waals surface area contributed by atoms with Crippen LogP contribution < -0.4 is 9.04 Å². The molecule has 30 heavy (non-hydrogen) atoms. The molecule has 1 atom stereocenters. The van der Waals surface area contributed by atoms with Gasteiger partial charge in [0.25, 0.3) is 10.0 Å². The van der Waals surface area contributed by atoms with E-state index in [0.29, 0.717) is 24.5 Å². The number of carboxylic acid groups (broad SMARTS) is 1. The third kappa shape index (κ3) is 4.78. The molecular weight excluding hydrogens is 402 g/mol. The lowest BCUT2D eigenvalue weighted by molar-refractivity contribution is -0.137. The molecule has 2 aromatic carbocycles. The maximum atomic E-state index is 13.4. The Morgan fingerprint density at radius 3 is 2.53 bits per heavy atom. The fraction of sp³-hybridized carbons (Fsp3) is 0.435. The van der Waals surface area contributed by atoms with Crippen LogP contribution in [0.1, 0.15) is 56.6 Å². The van der Waals surface area contributed by atoms with E-state index in [1.807, 2.05) is 25.1 Å². The van der Waals surface area contributed by atoms with Gasteiger partial charge in [0, 0.05) is 18.9 Å². The lowest BCUT2D eigenvalue weighted by Gasteiger charge is -2.20. The average Bonchev–Trinajstić information content (AvgIpc) is 3.10. The SMILES string of the molecule is CCCCc1ccc(S(=O)(=O)N2CC(CCC(=O)O)c3cc(OCC)ccc32)cc1. The summed E-state index contributed by atoms with van der Waals surface area (Å²) in [6.45, 7) is 4.75. The molecule has 6 nitrogen and oxygen atoms in total. The van der Waals surface area contributed by atoms with Gasteiger partial charge in [-0.3, -0.25) is 9.10 Å². The molecule has 0 spiro atoms. The summed E-state index contributed by atoms with van der Waals surface area (Å²) in [5.74, 6) is -0.410. The van der Waals surface area contributed by atoms with Crippen molar-refractivity contribution in [2.24, 2.45) is 0 Å². The molecule has 1 unspecified atom stereocenters. The third-order valence-corrected chi connectivity index (χ3v) is 7.24. The van der Waals surface area contributed by atoms with Gasteiger partial charge in [-0.15, -0.1) is 0 Å².